The highest BCUT2D eigenvalue weighted by atomic mass is 16.5. The SMILES string of the molecule is COCCNCc1cnc(N2CCCC2C(C)C)nc1. The second-order valence-corrected chi connectivity index (χ2v) is 5.71. The highest BCUT2D eigenvalue weighted by molar-refractivity contribution is 5.33. The number of nitrogens with one attached hydrogen (secondary N) is 1. The summed E-state index contributed by atoms with van der Waals surface area (Å²) in [5.74, 6) is 1.53. The molecule has 1 atom stereocenters. The van der Waals surface area contributed by atoms with Gasteiger partial charge in [-0.05, 0) is 18.8 Å². The number of rotatable bonds is 7. The molecule has 1 unspecified atom stereocenters. The zero-order valence-corrected chi connectivity index (χ0v) is 12.8. The van der Waals surface area contributed by atoms with Gasteiger partial charge in [-0.3, -0.25) is 0 Å². The molecule has 0 aromatic carbocycles. The van der Waals surface area contributed by atoms with E-state index in [2.05, 4.69) is 34.0 Å². The van der Waals surface area contributed by atoms with E-state index in [0.29, 0.717) is 12.0 Å². The van der Waals surface area contributed by atoms with E-state index in [9.17, 15) is 0 Å². The molecule has 1 fully saturated rings. The van der Waals surface area contributed by atoms with Gasteiger partial charge in [-0.15, -0.1) is 0 Å². The third-order valence-corrected chi connectivity index (χ3v) is 3.83. The monoisotopic (exact) mass is 278 g/mol. The van der Waals surface area contributed by atoms with Crippen molar-refractivity contribution in [1.82, 2.24) is 15.3 Å². The number of methoxy groups -OCH3 is 1. The van der Waals surface area contributed by atoms with E-state index in [0.717, 1.165) is 37.8 Å². The lowest BCUT2D eigenvalue weighted by atomic mass is 10.0. The zero-order valence-electron chi connectivity index (χ0n) is 12.8. The van der Waals surface area contributed by atoms with Gasteiger partial charge in [0.15, 0.2) is 0 Å². The summed E-state index contributed by atoms with van der Waals surface area (Å²) in [6.45, 7) is 7.99. The van der Waals surface area contributed by atoms with Gasteiger partial charge >= 0.3 is 0 Å². The molecule has 1 aliphatic heterocycles. The molecule has 5 heteroatoms. The minimum absolute atomic E-state index is 0.584. The Labute approximate surface area is 121 Å². The fourth-order valence-corrected chi connectivity index (χ4v) is 2.73. The quantitative estimate of drug-likeness (QED) is 0.771. The summed E-state index contributed by atoms with van der Waals surface area (Å²) < 4.78 is 5.00. The van der Waals surface area contributed by atoms with Gasteiger partial charge in [-0.1, -0.05) is 13.8 Å². The van der Waals surface area contributed by atoms with Crippen molar-refractivity contribution >= 4 is 5.95 Å². The largest absolute Gasteiger partial charge is 0.383 e. The molecule has 1 N–H and O–H groups in total. The van der Waals surface area contributed by atoms with E-state index in [1.807, 2.05) is 12.4 Å². The summed E-state index contributed by atoms with van der Waals surface area (Å²) in [7, 11) is 1.71. The average Bonchev–Trinajstić information content (AvgIpc) is 2.94. The lowest BCUT2D eigenvalue weighted by molar-refractivity contribution is 0.199. The maximum atomic E-state index is 5.00. The van der Waals surface area contributed by atoms with Crippen molar-refractivity contribution < 1.29 is 4.74 Å². The molecule has 0 saturated carbocycles. The van der Waals surface area contributed by atoms with E-state index in [1.54, 1.807) is 7.11 Å². The Morgan fingerprint density at radius 1 is 1.40 bits per heavy atom. The average molecular weight is 278 g/mol. The van der Waals surface area contributed by atoms with Crippen molar-refractivity contribution in [3.05, 3.63) is 18.0 Å². The van der Waals surface area contributed by atoms with E-state index < -0.39 is 0 Å². The molecule has 0 radical (unpaired) electrons. The number of ether oxygens (including phenoxy) is 1. The summed E-state index contributed by atoms with van der Waals surface area (Å²) in [6.07, 6.45) is 6.35. The molecule has 0 aliphatic carbocycles. The number of anilines is 1. The second kappa shape index (κ2) is 7.55. The van der Waals surface area contributed by atoms with Gasteiger partial charge in [0.2, 0.25) is 5.95 Å². The second-order valence-electron chi connectivity index (χ2n) is 5.71. The summed E-state index contributed by atoms with van der Waals surface area (Å²) in [5.41, 5.74) is 1.12. The summed E-state index contributed by atoms with van der Waals surface area (Å²) in [4.78, 5) is 11.4. The Morgan fingerprint density at radius 3 is 2.80 bits per heavy atom. The molecule has 0 spiro atoms. The molecule has 0 bridgehead atoms. The highest BCUT2D eigenvalue weighted by Crippen LogP contribution is 2.26. The Kier molecular flexibility index (Phi) is 5.73. The van der Waals surface area contributed by atoms with Crippen LogP contribution in [-0.2, 0) is 11.3 Å². The van der Waals surface area contributed by atoms with Gasteiger partial charge in [0.05, 0.1) is 6.61 Å². The predicted molar refractivity (Wildman–Crippen MR) is 80.8 cm³/mol. The third-order valence-electron chi connectivity index (χ3n) is 3.83. The maximum Gasteiger partial charge on any atom is 0.225 e. The van der Waals surface area contributed by atoms with Crippen LogP contribution in [-0.4, -0.2) is 42.8 Å². The minimum atomic E-state index is 0.584. The smallest absolute Gasteiger partial charge is 0.225 e. The molecule has 1 aliphatic rings. The summed E-state index contributed by atoms with van der Waals surface area (Å²) in [5, 5.41) is 3.30. The van der Waals surface area contributed by atoms with Crippen LogP contribution in [0.25, 0.3) is 0 Å². The Balaban J connectivity index is 1.90. The van der Waals surface area contributed by atoms with Crippen LogP contribution in [0.1, 0.15) is 32.3 Å². The number of aromatic nitrogens is 2. The molecule has 2 heterocycles. The Morgan fingerprint density at radius 2 is 2.15 bits per heavy atom. The fourth-order valence-electron chi connectivity index (χ4n) is 2.73. The van der Waals surface area contributed by atoms with Crippen LogP contribution in [0.5, 0.6) is 0 Å². The van der Waals surface area contributed by atoms with Gasteiger partial charge in [0, 0.05) is 50.7 Å². The van der Waals surface area contributed by atoms with Gasteiger partial charge < -0.3 is 15.0 Å². The molecule has 112 valence electrons. The summed E-state index contributed by atoms with van der Waals surface area (Å²) in [6, 6.07) is 0.584. The van der Waals surface area contributed by atoms with Crippen molar-refractivity contribution in [3.8, 4) is 0 Å². The third kappa shape index (κ3) is 3.90. The summed E-state index contributed by atoms with van der Waals surface area (Å²) >= 11 is 0. The van der Waals surface area contributed by atoms with E-state index in [1.165, 1.54) is 12.8 Å². The van der Waals surface area contributed by atoms with Crippen LogP contribution in [0.3, 0.4) is 0 Å². The fraction of sp³-hybridized carbons (Fsp3) is 0.733. The first-order valence-corrected chi connectivity index (χ1v) is 7.49. The van der Waals surface area contributed by atoms with Gasteiger partial charge in [-0.25, -0.2) is 9.97 Å². The van der Waals surface area contributed by atoms with E-state index >= 15 is 0 Å². The molecule has 2 rings (SSSR count). The zero-order chi connectivity index (χ0) is 14.4. The van der Waals surface area contributed by atoms with Crippen molar-refractivity contribution in [1.29, 1.82) is 0 Å². The molecular formula is C15H26N4O. The van der Waals surface area contributed by atoms with Crippen LogP contribution in [0.2, 0.25) is 0 Å². The first kappa shape index (κ1) is 15.2. The van der Waals surface area contributed by atoms with Crippen LogP contribution in [0, 0.1) is 5.92 Å². The van der Waals surface area contributed by atoms with Crippen LogP contribution in [0.15, 0.2) is 12.4 Å². The first-order valence-electron chi connectivity index (χ1n) is 7.49. The molecule has 1 saturated heterocycles. The number of hydrogen-bond donors (Lipinski definition) is 1. The van der Waals surface area contributed by atoms with Gasteiger partial charge in [0.1, 0.15) is 0 Å². The van der Waals surface area contributed by atoms with Crippen molar-refractivity contribution in [2.75, 3.05) is 31.7 Å². The molecule has 1 aromatic heterocycles. The van der Waals surface area contributed by atoms with Gasteiger partial charge in [-0.2, -0.15) is 0 Å². The molecule has 0 amide bonds. The van der Waals surface area contributed by atoms with Crippen molar-refractivity contribution in [2.45, 2.75) is 39.3 Å². The number of nitrogens with zero attached hydrogens (tertiary/aromatic N) is 3. The topological polar surface area (TPSA) is 50.3 Å². The van der Waals surface area contributed by atoms with E-state index in [-0.39, 0.29) is 0 Å². The molecule has 1 aromatic rings. The van der Waals surface area contributed by atoms with Crippen LogP contribution >= 0.6 is 0 Å². The van der Waals surface area contributed by atoms with Crippen LogP contribution < -0.4 is 10.2 Å². The lowest BCUT2D eigenvalue weighted by Crippen LogP contribution is -2.34. The molecule has 20 heavy (non-hydrogen) atoms. The molecule has 5 nitrogen and oxygen atoms in total. The van der Waals surface area contributed by atoms with Gasteiger partial charge in [0.25, 0.3) is 0 Å². The van der Waals surface area contributed by atoms with Crippen molar-refractivity contribution in [3.63, 3.8) is 0 Å². The predicted octanol–water partition coefficient (Wildman–Crippen LogP) is 1.84. The van der Waals surface area contributed by atoms with Crippen molar-refractivity contribution in [2.24, 2.45) is 5.92 Å². The number of hydrogen-bond acceptors (Lipinski definition) is 5. The van der Waals surface area contributed by atoms with Crippen LogP contribution in [0.4, 0.5) is 5.95 Å². The lowest BCUT2D eigenvalue weighted by Gasteiger charge is -2.27. The molecular weight excluding hydrogens is 252 g/mol. The minimum Gasteiger partial charge on any atom is -0.383 e. The standard InChI is InChI=1S/C15H26N4O/c1-12(2)14-5-4-7-19(14)15-17-10-13(11-18-15)9-16-6-8-20-3/h10-12,14,16H,4-9H2,1-3H3. The Hall–Kier alpha value is -1.20. The normalized spacial score (nSPS) is 19.0. The van der Waals surface area contributed by atoms with E-state index in [4.69, 9.17) is 4.74 Å². The maximum absolute atomic E-state index is 5.00. The Bertz CT molecular complexity index is 393. The first-order chi connectivity index (χ1) is 9.72. The highest BCUT2D eigenvalue weighted by Gasteiger charge is 2.28.